The highest BCUT2D eigenvalue weighted by molar-refractivity contribution is 6.30. The van der Waals surface area contributed by atoms with E-state index in [9.17, 15) is 10.1 Å². The van der Waals surface area contributed by atoms with Crippen molar-refractivity contribution in [2.45, 2.75) is 13.0 Å². The van der Waals surface area contributed by atoms with Crippen LogP contribution in [-0.4, -0.2) is 21.9 Å². The first-order valence-electron chi connectivity index (χ1n) is 6.15. The average molecular weight is 308 g/mol. The number of aromatic nitrogens is 2. The minimum absolute atomic E-state index is 0.143. The fraction of sp³-hybridized carbons (Fsp3) is 0.231. The number of rotatable bonds is 4. The van der Waals surface area contributed by atoms with E-state index in [2.05, 4.69) is 9.97 Å². The van der Waals surface area contributed by atoms with Crippen LogP contribution in [0, 0.1) is 10.1 Å². The van der Waals surface area contributed by atoms with Crippen LogP contribution >= 0.6 is 11.6 Å². The number of anilines is 2. The summed E-state index contributed by atoms with van der Waals surface area (Å²) >= 11 is 5.86. The zero-order chi connectivity index (χ0) is 15.6. The van der Waals surface area contributed by atoms with Gasteiger partial charge in [0, 0.05) is 12.1 Å². The van der Waals surface area contributed by atoms with Gasteiger partial charge in [0.15, 0.2) is 0 Å². The van der Waals surface area contributed by atoms with Crippen molar-refractivity contribution in [1.82, 2.24) is 9.97 Å². The number of hydrogen-bond donors (Lipinski definition) is 1. The van der Waals surface area contributed by atoms with Crippen LogP contribution < -0.4 is 10.6 Å². The van der Waals surface area contributed by atoms with Crippen LogP contribution in [0.3, 0.4) is 0 Å². The van der Waals surface area contributed by atoms with Gasteiger partial charge < -0.3 is 10.6 Å². The molecule has 8 heteroatoms. The van der Waals surface area contributed by atoms with Gasteiger partial charge in [0.05, 0.1) is 11.0 Å². The molecule has 0 radical (unpaired) electrons. The molecule has 110 valence electrons. The lowest BCUT2D eigenvalue weighted by Gasteiger charge is -2.26. The molecule has 0 spiro atoms. The van der Waals surface area contributed by atoms with E-state index in [1.807, 2.05) is 19.1 Å². The molecule has 0 amide bonds. The van der Waals surface area contributed by atoms with Crippen LogP contribution in [0.1, 0.15) is 18.5 Å². The first-order chi connectivity index (χ1) is 9.91. The van der Waals surface area contributed by atoms with Gasteiger partial charge in [-0.3, -0.25) is 10.1 Å². The van der Waals surface area contributed by atoms with E-state index in [0.29, 0.717) is 5.02 Å². The Kier molecular flexibility index (Phi) is 4.23. The summed E-state index contributed by atoms with van der Waals surface area (Å²) in [4.78, 5) is 19.9. The van der Waals surface area contributed by atoms with Gasteiger partial charge in [-0.1, -0.05) is 23.7 Å². The van der Waals surface area contributed by atoms with Crippen LogP contribution in [0.2, 0.25) is 5.02 Å². The Hall–Kier alpha value is -2.41. The largest absolute Gasteiger partial charge is 0.378 e. The van der Waals surface area contributed by atoms with E-state index < -0.39 is 4.92 Å². The van der Waals surface area contributed by atoms with Crippen molar-refractivity contribution in [1.29, 1.82) is 0 Å². The zero-order valence-corrected chi connectivity index (χ0v) is 12.3. The van der Waals surface area contributed by atoms with Gasteiger partial charge in [0.25, 0.3) is 0 Å². The predicted molar refractivity (Wildman–Crippen MR) is 81.4 cm³/mol. The fourth-order valence-electron chi connectivity index (χ4n) is 1.96. The topological polar surface area (TPSA) is 98.2 Å². The van der Waals surface area contributed by atoms with Crippen molar-refractivity contribution in [2.24, 2.45) is 0 Å². The zero-order valence-electron chi connectivity index (χ0n) is 11.5. The van der Waals surface area contributed by atoms with Gasteiger partial charge in [0.2, 0.25) is 11.6 Å². The Morgan fingerprint density at radius 1 is 1.33 bits per heavy atom. The molecular formula is C13H14ClN5O2. The van der Waals surface area contributed by atoms with Crippen molar-refractivity contribution >= 4 is 28.9 Å². The SMILES string of the molecule is CC(c1ccc(Cl)cc1)N(C)c1ncnc(N)c1[N+](=O)[O-]. The molecule has 0 saturated carbocycles. The highest BCUT2D eigenvalue weighted by Gasteiger charge is 2.26. The molecule has 1 aromatic heterocycles. The average Bonchev–Trinajstić information content (AvgIpc) is 2.46. The highest BCUT2D eigenvalue weighted by Crippen LogP contribution is 2.33. The Morgan fingerprint density at radius 3 is 2.52 bits per heavy atom. The molecule has 0 fully saturated rings. The van der Waals surface area contributed by atoms with Crippen LogP contribution in [0.5, 0.6) is 0 Å². The van der Waals surface area contributed by atoms with Gasteiger partial charge in [-0.25, -0.2) is 9.97 Å². The van der Waals surface area contributed by atoms with E-state index in [-0.39, 0.29) is 23.4 Å². The summed E-state index contributed by atoms with van der Waals surface area (Å²) in [6, 6.07) is 7.11. The summed E-state index contributed by atoms with van der Waals surface area (Å²) in [6.45, 7) is 1.91. The van der Waals surface area contributed by atoms with Gasteiger partial charge in [0.1, 0.15) is 6.33 Å². The van der Waals surface area contributed by atoms with Crippen LogP contribution in [0.25, 0.3) is 0 Å². The molecule has 2 rings (SSSR count). The number of halogens is 1. The van der Waals surface area contributed by atoms with Crippen molar-refractivity contribution in [3.05, 3.63) is 51.3 Å². The summed E-state index contributed by atoms with van der Waals surface area (Å²) in [7, 11) is 1.72. The van der Waals surface area contributed by atoms with Gasteiger partial charge >= 0.3 is 5.69 Å². The van der Waals surface area contributed by atoms with Crippen molar-refractivity contribution < 1.29 is 4.92 Å². The maximum absolute atomic E-state index is 11.2. The molecule has 1 unspecified atom stereocenters. The molecule has 2 N–H and O–H groups in total. The van der Waals surface area contributed by atoms with Gasteiger partial charge in [-0.05, 0) is 24.6 Å². The summed E-state index contributed by atoms with van der Waals surface area (Å²) in [5.41, 5.74) is 6.24. The standard InChI is InChI=1S/C13H14ClN5O2/c1-8(9-3-5-10(14)6-4-9)18(2)13-11(19(20)21)12(15)16-7-17-13/h3-8H,1-2H3,(H2,15,16,17). The molecule has 1 heterocycles. The highest BCUT2D eigenvalue weighted by atomic mass is 35.5. The molecule has 0 aliphatic carbocycles. The van der Waals surface area contributed by atoms with E-state index in [1.54, 1.807) is 24.1 Å². The molecular weight excluding hydrogens is 294 g/mol. The number of nitrogens with two attached hydrogens (primary N) is 1. The summed E-state index contributed by atoms with van der Waals surface area (Å²) in [5, 5.41) is 11.8. The second-order valence-electron chi connectivity index (χ2n) is 4.53. The lowest BCUT2D eigenvalue weighted by atomic mass is 10.1. The molecule has 2 aromatic rings. The monoisotopic (exact) mass is 307 g/mol. The first kappa shape index (κ1) is 15.0. The van der Waals surface area contributed by atoms with E-state index >= 15 is 0 Å². The Bertz CT molecular complexity index is 662. The third kappa shape index (κ3) is 3.03. The van der Waals surface area contributed by atoms with E-state index in [1.165, 1.54) is 6.33 Å². The number of nitro groups is 1. The summed E-state index contributed by atoms with van der Waals surface area (Å²) in [5.74, 6) is 0.0232. The van der Waals surface area contributed by atoms with E-state index in [0.717, 1.165) is 5.56 Å². The molecule has 1 aromatic carbocycles. The van der Waals surface area contributed by atoms with Gasteiger partial charge in [-0.2, -0.15) is 0 Å². The van der Waals surface area contributed by atoms with E-state index in [4.69, 9.17) is 17.3 Å². The van der Waals surface area contributed by atoms with Crippen molar-refractivity contribution in [3.8, 4) is 0 Å². The Morgan fingerprint density at radius 2 is 1.95 bits per heavy atom. The normalized spacial score (nSPS) is 12.0. The Balaban J connectivity index is 2.40. The Labute approximate surface area is 126 Å². The maximum Gasteiger partial charge on any atom is 0.353 e. The molecule has 0 bridgehead atoms. The maximum atomic E-state index is 11.2. The van der Waals surface area contributed by atoms with Crippen molar-refractivity contribution in [2.75, 3.05) is 17.7 Å². The first-order valence-corrected chi connectivity index (χ1v) is 6.52. The third-order valence-corrected chi connectivity index (χ3v) is 3.53. The third-order valence-electron chi connectivity index (χ3n) is 3.28. The molecule has 21 heavy (non-hydrogen) atoms. The smallest absolute Gasteiger partial charge is 0.353 e. The quantitative estimate of drug-likeness (QED) is 0.689. The second-order valence-corrected chi connectivity index (χ2v) is 4.96. The molecule has 0 aliphatic heterocycles. The fourth-order valence-corrected chi connectivity index (χ4v) is 2.09. The number of nitrogen functional groups attached to an aromatic ring is 1. The minimum Gasteiger partial charge on any atom is -0.378 e. The van der Waals surface area contributed by atoms with Crippen LogP contribution in [0.15, 0.2) is 30.6 Å². The van der Waals surface area contributed by atoms with Gasteiger partial charge in [-0.15, -0.1) is 0 Å². The number of nitrogens with zero attached hydrogens (tertiary/aromatic N) is 4. The molecule has 1 atom stereocenters. The molecule has 0 saturated heterocycles. The minimum atomic E-state index is -0.574. The predicted octanol–water partition coefficient (Wildman–Crippen LogP) is 2.82. The van der Waals surface area contributed by atoms with Crippen molar-refractivity contribution in [3.63, 3.8) is 0 Å². The summed E-state index contributed by atoms with van der Waals surface area (Å²) in [6.07, 6.45) is 1.21. The number of benzene rings is 1. The molecule has 7 nitrogen and oxygen atoms in total. The lowest BCUT2D eigenvalue weighted by Crippen LogP contribution is -2.24. The second kappa shape index (κ2) is 5.92. The van der Waals surface area contributed by atoms with Crippen LogP contribution in [0.4, 0.5) is 17.3 Å². The summed E-state index contributed by atoms with van der Waals surface area (Å²) < 4.78 is 0. The number of hydrogen-bond acceptors (Lipinski definition) is 6. The molecule has 0 aliphatic rings. The lowest BCUT2D eigenvalue weighted by molar-refractivity contribution is -0.383. The van der Waals surface area contributed by atoms with Crippen LogP contribution in [-0.2, 0) is 0 Å².